The second-order valence-corrected chi connectivity index (χ2v) is 6.04. The molecule has 0 atom stereocenters. The van der Waals surface area contributed by atoms with Crippen molar-refractivity contribution in [1.82, 2.24) is 10.2 Å². The van der Waals surface area contributed by atoms with Gasteiger partial charge >= 0.3 is 6.01 Å². The lowest BCUT2D eigenvalue weighted by Gasteiger charge is -2.01. The first kappa shape index (κ1) is 18.1. The molecule has 0 radical (unpaired) electrons. The number of rotatable bonds is 5. The Morgan fingerprint density at radius 3 is 2.30 bits per heavy atom. The third kappa shape index (κ3) is 4.12. The van der Waals surface area contributed by atoms with Crippen molar-refractivity contribution in [2.24, 2.45) is 0 Å². The van der Waals surface area contributed by atoms with Crippen LogP contribution in [0.15, 0.2) is 51.4 Å². The smallest absolute Gasteiger partial charge is 0.322 e. The van der Waals surface area contributed by atoms with Crippen LogP contribution in [-0.4, -0.2) is 26.0 Å². The van der Waals surface area contributed by atoms with Gasteiger partial charge in [-0.25, -0.2) is 0 Å². The van der Waals surface area contributed by atoms with Gasteiger partial charge in [0.05, 0.1) is 21.5 Å². The van der Waals surface area contributed by atoms with Crippen LogP contribution in [0.3, 0.4) is 0 Å². The fraction of sp³-hybridized carbons (Fsp3) is 0. The second-order valence-electron chi connectivity index (χ2n) is 5.13. The van der Waals surface area contributed by atoms with Crippen LogP contribution in [0.25, 0.3) is 11.5 Å². The van der Waals surface area contributed by atoms with E-state index in [2.05, 4.69) is 31.4 Å². The summed E-state index contributed by atoms with van der Waals surface area (Å²) in [7, 11) is 0. The standard InChI is InChI=1S/C15H8BrN5O6/c16-10-3-1-2-8(4-10)14-18-19-15(27-14)17-13(22)9-5-11(20(23)24)7-12(6-9)21(25)26/h1-7H,(H,17,19,22). The van der Waals surface area contributed by atoms with Crippen LogP contribution in [0.2, 0.25) is 0 Å². The van der Waals surface area contributed by atoms with Crippen molar-refractivity contribution < 1.29 is 19.1 Å². The lowest BCUT2D eigenvalue weighted by molar-refractivity contribution is -0.394. The average molecular weight is 434 g/mol. The molecule has 27 heavy (non-hydrogen) atoms. The van der Waals surface area contributed by atoms with Gasteiger partial charge in [-0.2, -0.15) is 0 Å². The Morgan fingerprint density at radius 1 is 1.04 bits per heavy atom. The Bertz CT molecular complexity index is 1030. The number of halogens is 1. The molecular formula is C15H8BrN5O6. The van der Waals surface area contributed by atoms with E-state index in [0.717, 1.165) is 22.7 Å². The maximum atomic E-state index is 12.3. The normalized spacial score (nSPS) is 10.4. The van der Waals surface area contributed by atoms with Crippen LogP contribution >= 0.6 is 15.9 Å². The number of benzene rings is 2. The molecule has 1 aromatic heterocycles. The number of nitro groups is 2. The van der Waals surface area contributed by atoms with Gasteiger partial charge in [-0.15, -0.1) is 5.10 Å². The van der Waals surface area contributed by atoms with E-state index < -0.39 is 27.1 Å². The van der Waals surface area contributed by atoms with Gasteiger partial charge in [0.1, 0.15) is 0 Å². The summed E-state index contributed by atoms with van der Waals surface area (Å²) < 4.78 is 6.11. The number of carbonyl (C=O) groups is 1. The van der Waals surface area contributed by atoms with Crippen LogP contribution in [0.4, 0.5) is 17.4 Å². The molecule has 12 heteroatoms. The molecule has 11 nitrogen and oxygen atoms in total. The van der Waals surface area contributed by atoms with Gasteiger partial charge in [-0.1, -0.05) is 27.1 Å². The van der Waals surface area contributed by atoms with Crippen LogP contribution in [0.5, 0.6) is 0 Å². The average Bonchev–Trinajstić information content (AvgIpc) is 3.09. The molecule has 0 saturated heterocycles. The molecule has 0 unspecified atom stereocenters. The third-order valence-corrected chi connectivity index (χ3v) is 3.80. The molecule has 2 aromatic carbocycles. The fourth-order valence-corrected chi connectivity index (χ4v) is 2.52. The number of nitrogens with zero attached hydrogens (tertiary/aromatic N) is 4. The zero-order valence-electron chi connectivity index (χ0n) is 13.2. The van der Waals surface area contributed by atoms with Gasteiger partial charge in [-0.3, -0.25) is 30.3 Å². The quantitative estimate of drug-likeness (QED) is 0.472. The van der Waals surface area contributed by atoms with Gasteiger partial charge < -0.3 is 4.42 Å². The molecule has 1 N–H and O–H groups in total. The number of amides is 1. The summed E-state index contributed by atoms with van der Waals surface area (Å²) >= 11 is 3.30. The van der Waals surface area contributed by atoms with Crippen LogP contribution in [0, 0.1) is 20.2 Å². The van der Waals surface area contributed by atoms with E-state index in [9.17, 15) is 25.0 Å². The molecule has 1 amide bonds. The number of hydrogen-bond donors (Lipinski definition) is 1. The molecule has 0 aliphatic heterocycles. The summed E-state index contributed by atoms with van der Waals surface area (Å²) in [6, 6.07) is 9.32. The maximum Gasteiger partial charge on any atom is 0.322 e. The predicted molar refractivity (Wildman–Crippen MR) is 95.1 cm³/mol. The largest absolute Gasteiger partial charge is 0.403 e. The molecule has 3 rings (SSSR count). The van der Waals surface area contributed by atoms with Crippen molar-refractivity contribution in [3.8, 4) is 11.5 Å². The van der Waals surface area contributed by atoms with Gasteiger partial charge in [0.15, 0.2) is 0 Å². The number of aromatic nitrogens is 2. The minimum atomic E-state index is -0.869. The summed E-state index contributed by atoms with van der Waals surface area (Å²) in [4.78, 5) is 32.4. The Kier molecular flexibility index (Phi) is 4.90. The number of carbonyl (C=O) groups excluding carboxylic acids is 1. The van der Waals surface area contributed by atoms with E-state index in [1.807, 2.05) is 0 Å². The summed E-state index contributed by atoms with van der Waals surface area (Å²) in [6.07, 6.45) is 0. The van der Waals surface area contributed by atoms with Crippen molar-refractivity contribution >= 4 is 39.2 Å². The van der Waals surface area contributed by atoms with Crippen LogP contribution in [-0.2, 0) is 0 Å². The predicted octanol–water partition coefficient (Wildman–Crippen LogP) is 3.57. The second kappa shape index (κ2) is 7.29. The van der Waals surface area contributed by atoms with E-state index >= 15 is 0 Å². The van der Waals surface area contributed by atoms with Crippen molar-refractivity contribution in [3.05, 3.63) is 72.7 Å². The van der Waals surface area contributed by atoms with Gasteiger partial charge in [0, 0.05) is 22.2 Å². The molecule has 0 bridgehead atoms. The highest BCUT2D eigenvalue weighted by molar-refractivity contribution is 9.10. The minimum absolute atomic E-state index is 0.136. The monoisotopic (exact) mass is 433 g/mol. The number of hydrogen-bond acceptors (Lipinski definition) is 8. The summed E-state index contributed by atoms with van der Waals surface area (Å²) in [6.45, 7) is 0. The highest BCUT2D eigenvalue weighted by Gasteiger charge is 2.21. The Morgan fingerprint density at radius 2 is 1.70 bits per heavy atom. The number of nitro benzene ring substituents is 2. The molecule has 0 fully saturated rings. The first-order chi connectivity index (χ1) is 12.8. The van der Waals surface area contributed by atoms with E-state index in [0.29, 0.717) is 5.56 Å². The fourth-order valence-electron chi connectivity index (χ4n) is 2.12. The molecular weight excluding hydrogens is 426 g/mol. The number of anilines is 1. The van der Waals surface area contributed by atoms with Crippen molar-refractivity contribution in [2.75, 3.05) is 5.32 Å². The zero-order chi connectivity index (χ0) is 19.6. The lowest BCUT2D eigenvalue weighted by atomic mass is 10.1. The highest BCUT2D eigenvalue weighted by Crippen LogP contribution is 2.25. The van der Waals surface area contributed by atoms with E-state index in [-0.39, 0.29) is 17.5 Å². The van der Waals surface area contributed by atoms with Gasteiger partial charge in [0.25, 0.3) is 17.3 Å². The van der Waals surface area contributed by atoms with Crippen molar-refractivity contribution in [2.45, 2.75) is 0 Å². The molecule has 0 aliphatic carbocycles. The summed E-state index contributed by atoms with van der Waals surface area (Å²) in [5.74, 6) is -0.733. The Balaban J connectivity index is 1.86. The molecule has 0 aliphatic rings. The maximum absolute atomic E-state index is 12.3. The Labute approximate surface area is 158 Å². The van der Waals surface area contributed by atoms with Gasteiger partial charge in [0.2, 0.25) is 5.89 Å². The highest BCUT2D eigenvalue weighted by atomic mass is 79.9. The molecule has 136 valence electrons. The number of non-ortho nitro benzene ring substituents is 2. The van der Waals surface area contributed by atoms with Crippen LogP contribution in [0.1, 0.15) is 10.4 Å². The first-order valence-corrected chi connectivity index (χ1v) is 7.97. The lowest BCUT2D eigenvalue weighted by Crippen LogP contribution is -2.13. The third-order valence-electron chi connectivity index (χ3n) is 3.30. The zero-order valence-corrected chi connectivity index (χ0v) is 14.7. The number of nitrogens with one attached hydrogen (secondary N) is 1. The Hall–Kier alpha value is -3.67. The van der Waals surface area contributed by atoms with Gasteiger partial charge in [-0.05, 0) is 18.2 Å². The summed E-state index contributed by atoms with van der Waals surface area (Å²) in [5, 5.41) is 31.5. The van der Waals surface area contributed by atoms with E-state index in [1.165, 1.54) is 0 Å². The van der Waals surface area contributed by atoms with Crippen molar-refractivity contribution in [1.29, 1.82) is 0 Å². The molecule has 0 spiro atoms. The van der Waals surface area contributed by atoms with Crippen molar-refractivity contribution in [3.63, 3.8) is 0 Å². The molecule has 0 saturated carbocycles. The minimum Gasteiger partial charge on any atom is -0.403 e. The van der Waals surface area contributed by atoms with E-state index in [4.69, 9.17) is 4.42 Å². The molecule has 1 heterocycles. The van der Waals surface area contributed by atoms with E-state index in [1.54, 1.807) is 24.3 Å². The topological polar surface area (TPSA) is 154 Å². The summed E-state index contributed by atoms with van der Waals surface area (Å²) in [5.41, 5.74) is -0.870. The first-order valence-electron chi connectivity index (χ1n) is 7.18. The molecule has 3 aromatic rings. The van der Waals surface area contributed by atoms with Crippen LogP contribution < -0.4 is 5.32 Å². The SMILES string of the molecule is O=C(Nc1nnc(-c2cccc(Br)c2)o1)c1cc([N+](=O)[O-])cc([N+](=O)[O-])c1.